The number of rotatable bonds is 3. The quantitative estimate of drug-likeness (QED) is 0.777. The van der Waals surface area contributed by atoms with Gasteiger partial charge in [0.15, 0.2) is 0 Å². The summed E-state index contributed by atoms with van der Waals surface area (Å²) in [6, 6.07) is 13.9. The maximum atomic E-state index is 12.7. The van der Waals surface area contributed by atoms with E-state index in [-0.39, 0.29) is 17.7 Å². The minimum atomic E-state index is -0.267. The summed E-state index contributed by atoms with van der Waals surface area (Å²) < 4.78 is 1.85. The number of aromatic nitrogens is 2. The molecule has 0 aliphatic carbocycles. The number of nitrogens with two attached hydrogens (primary N) is 1. The molecule has 1 saturated heterocycles. The molecule has 0 saturated carbocycles. The van der Waals surface area contributed by atoms with Gasteiger partial charge in [0.25, 0.3) is 5.91 Å². The van der Waals surface area contributed by atoms with Crippen LogP contribution in [0.4, 0.5) is 0 Å². The summed E-state index contributed by atoms with van der Waals surface area (Å²) in [6.45, 7) is 1.15. The molecule has 2 N–H and O–H groups in total. The standard InChI is InChI=1S/C21H22N4O2/c1-24-19-7-6-17(12-18(19)13-23-24)14-2-4-16(5-3-14)21(27)25-10-8-15(9-11-25)20(22)26/h2-7,12-13,15H,8-11H2,1H3,(H2,22,26). The van der Waals surface area contributed by atoms with E-state index in [0.717, 1.165) is 22.0 Å². The predicted molar refractivity (Wildman–Crippen MR) is 104 cm³/mol. The van der Waals surface area contributed by atoms with Crippen LogP contribution in [0.5, 0.6) is 0 Å². The lowest BCUT2D eigenvalue weighted by Gasteiger charge is -2.30. The van der Waals surface area contributed by atoms with E-state index in [1.807, 2.05) is 42.2 Å². The molecule has 6 nitrogen and oxygen atoms in total. The molecule has 0 spiro atoms. The zero-order chi connectivity index (χ0) is 19.0. The Morgan fingerprint density at radius 3 is 2.37 bits per heavy atom. The Bertz CT molecular complexity index is 999. The summed E-state index contributed by atoms with van der Waals surface area (Å²) in [5, 5.41) is 5.36. The molecule has 2 aromatic carbocycles. The molecule has 3 aromatic rings. The zero-order valence-electron chi connectivity index (χ0n) is 15.3. The van der Waals surface area contributed by atoms with E-state index in [2.05, 4.69) is 23.3 Å². The average molecular weight is 362 g/mol. The topological polar surface area (TPSA) is 81.2 Å². The molecule has 4 rings (SSSR count). The van der Waals surface area contributed by atoms with Crippen LogP contribution in [-0.4, -0.2) is 39.6 Å². The van der Waals surface area contributed by atoms with Crippen LogP contribution in [0.25, 0.3) is 22.0 Å². The lowest BCUT2D eigenvalue weighted by molar-refractivity contribution is -0.123. The van der Waals surface area contributed by atoms with Crippen molar-refractivity contribution in [3.05, 3.63) is 54.2 Å². The van der Waals surface area contributed by atoms with E-state index in [1.54, 1.807) is 4.90 Å². The van der Waals surface area contributed by atoms with Gasteiger partial charge in [-0.1, -0.05) is 18.2 Å². The van der Waals surface area contributed by atoms with Crippen LogP contribution >= 0.6 is 0 Å². The van der Waals surface area contributed by atoms with Gasteiger partial charge < -0.3 is 10.6 Å². The van der Waals surface area contributed by atoms with Crippen molar-refractivity contribution in [3.63, 3.8) is 0 Å². The molecule has 1 aliphatic heterocycles. The van der Waals surface area contributed by atoms with Crippen LogP contribution in [0, 0.1) is 5.92 Å². The van der Waals surface area contributed by atoms with Gasteiger partial charge >= 0.3 is 0 Å². The molecule has 0 unspecified atom stereocenters. The lowest BCUT2D eigenvalue weighted by Crippen LogP contribution is -2.41. The van der Waals surface area contributed by atoms with Crippen LogP contribution in [-0.2, 0) is 11.8 Å². The second-order valence-corrected chi connectivity index (χ2v) is 7.09. The third-order valence-corrected chi connectivity index (χ3v) is 5.40. The Labute approximate surface area is 157 Å². The molecule has 27 heavy (non-hydrogen) atoms. The van der Waals surface area contributed by atoms with Crippen LogP contribution in [0.2, 0.25) is 0 Å². The molecule has 0 radical (unpaired) electrons. The number of amides is 2. The minimum absolute atomic E-state index is 0.00665. The number of hydrogen-bond acceptors (Lipinski definition) is 3. The van der Waals surface area contributed by atoms with Gasteiger partial charge in [0.05, 0.1) is 11.7 Å². The molecule has 2 amide bonds. The van der Waals surface area contributed by atoms with Gasteiger partial charge in [0.1, 0.15) is 0 Å². The highest BCUT2D eigenvalue weighted by molar-refractivity contribution is 5.95. The molecular weight excluding hydrogens is 340 g/mol. The first-order valence-corrected chi connectivity index (χ1v) is 9.14. The molecule has 1 aliphatic rings. The fraction of sp³-hybridized carbons (Fsp3) is 0.286. The predicted octanol–water partition coefficient (Wildman–Crippen LogP) is 2.58. The van der Waals surface area contributed by atoms with Crippen molar-refractivity contribution in [3.8, 4) is 11.1 Å². The normalized spacial score (nSPS) is 15.2. The average Bonchev–Trinajstić information content (AvgIpc) is 3.08. The Kier molecular flexibility index (Phi) is 4.39. The number of primary amides is 1. The molecule has 138 valence electrons. The summed E-state index contributed by atoms with van der Waals surface area (Å²) in [5.74, 6) is -0.372. The summed E-state index contributed by atoms with van der Waals surface area (Å²) in [5.41, 5.74) is 9.27. The Balaban J connectivity index is 1.49. The van der Waals surface area contributed by atoms with Gasteiger partial charge in [-0.3, -0.25) is 14.3 Å². The molecule has 1 fully saturated rings. The number of piperidine rings is 1. The Hall–Kier alpha value is -3.15. The Morgan fingerprint density at radius 2 is 1.70 bits per heavy atom. The van der Waals surface area contributed by atoms with E-state index in [1.165, 1.54) is 0 Å². The van der Waals surface area contributed by atoms with Gasteiger partial charge in [-0.15, -0.1) is 0 Å². The first-order chi connectivity index (χ1) is 13.0. The zero-order valence-corrected chi connectivity index (χ0v) is 15.3. The Morgan fingerprint density at radius 1 is 1.04 bits per heavy atom. The summed E-state index contributed by atoms with van der Waals surface area (Å²) in [7, 11) is 1.93. The molecule has 0 atom stereocenters. The second kappa shape index (κ2) is 6.87. The van der Waals surface area contributed by atoms with Crippen molar-refractivity contribution in [2.45, 2.75) is 12.8 Å². The van der Waals surface area contributed by atoms with Crippen molar-refractivity contribution in [2.24, 2.45) is 18.7 Å². The number of hydrogen-bond donors (Lipinski definition) is 1. The van der Waals surface area contributed by atoms with Crippen molar-refractivity contribution in [1.82, 2.24) is 14.7 Å². The number of likely N-dealkylation sites (tertiary alicyclic amines) is 1. The van der Waals surface area contributed by atoms with E-state index in [4.69, 9.17) is 5.73 Å². The fourth-order valence-corrected chi connectivity index (χ4v) is 3.70. The van der Waals surface area contributed by atoms with Crippen LogP contribution in [0.1, 0.15) is 23.2 Å². The van der Waals surface area contributed by atoms with Gasteiger partial charge in [-0.25, -0.2) is 0 Å². The van der Waals surface area contributed by atoms with Gasteiger partial charge in [-0.2, -0.15) is 5.10 Å². The number of nitrogens with zero attached hydrogens (tertiary/aromatic N) is 3. The van der Waals surface area contributed by atoms with Crippen molar-refractivity contribution < 1.29 is 9.59 Å². The van der Waals surface area contributed by atoms with E-state index in [0.29, 0.717) is 31.5 Å². The first-order valence-electron chi connectivity index (χ1n) is 9.14. The number of carbonyl (C=O) groups is 2. The van der Waals surface area contributed by atoms with Crippen LogP contribution in [0.3, 0.4) is 0 Å². The number of fused-ring (bicyclic) bond motifs is 1. The van der Waals surface area contributed by atoms with Crippen LogP contribution in [0.15, 0.2) is 48.7 Å². The summed E-state index contributed by atoms with van der Waals surface area (Å²) in [4.78, 5) is 25.8. The largest absolute Gasteiger partial charge is 0.369 e. The van der Waals surface area contributed by atoms with Crippen molar-refractivity contribution in [2.75, 3.05) is 13.1 Å². The number of carbonyl (C=O) groups excluding carboxylic acids is 2. The second-order valence-electron chi connectivity index (χ2n) is 7.09. The minimum Gasteiger partial charge on any atom is -0.369 e. The third-order valence-electron chi connectivity index (χ3n) is 5.40. The van der Waals surface area contributed by atoms with Crippen molar-refractivity contribution >= 4 is 22.7 Å². The SMILES string of the molecule is Cn1ncc2cc(-c3ccc(C(=O)N4CCC(C(N)=O)CC4)cc3)ccc21. The monoisotopic (exact) mass is 362 g/mol. The number of aryl methyl sites for hydroxylation is 1. The smallest absolute Gasteiger partial charge is 0.253 e. The van der Waals surface area contributed by atoms with E-state index < -0.39 is 0 Å². The fourth-order valence-electron chi connectivity index (χ4n) is 3.70. The maximum Gasteiger partial charge on any atom is 0.253 e. The number of benzene rings is 2. The van der Waals surface area contributed by atoms with Gasteiger partial charge in [0.2, 0.25) is 5.91 Å². The molecule has 2 heterocycles. The van der Waals surface area contributed by atoms with Gasteiger partial charge in [-0.05, 0) is 48.2 Å². The molecule has 0 bridgehead atoms. The van der Waals surface area contributed by atoms with Crippen LogP contribution < -0.4 is 5.73 Å². The molecule has 1 aromatic heterocycles. The van der Waals surface area contributed by atoms with E-state index >= 15 is 0 Å². The van der Waals surface area contributed by atoms with Gasteiger partial charge in [0, 0.05) is 37.0 Å². The highest BCUT2D eigenvalue weighted by Gasteiger charge is 2.26. The summed E-state index contributed by atoms with van der Waals surface area (Å²) >= 11 is 0. The van der Waals surface area contributed by atoms with E-state index in [9.17, 15) is 9.59 Å². The van der Waals surface area contributed by atoms with Crippen molar-refractivity contribution in [1.29, 1.82) is 0 Å². The summed E-state index contributed by atoms with van der Waals surface area (Å²) in [6.07, 6.45) is 3.14. The first kappa shape index (κ1) is 17.3. The molecule has 6 heteroatoms. The highest BCUT2D eigenvalue weighted by Crippen LogP contribution is 2.25. The molecular formula is C21H22N4O2. The highest BCUT2D eigenvalue weighted by atomic mass is 16.2. The lowest BCUT2D eigenvalue weighted by atomic mass is 9.95. The third kappa shape index (κ3) is 3.30. The maximum absolute atomic E-state index is 12.7.